The third kappa shape index (κ3) is 4.93. The summed E-state index contributed by atoms with van der Waals surface area (Å²) in [5.74, 6) is -0.954. The fourth-order valence-electron chi connectivity index (χ4n) is 2.89. The number of nitrogens with two attached hydrogens (primary N) is 3. The van der Waals surface area contributed by atoms with Crippen molar-refractivity contribution in [2.45, 2.75) is 18.9 Å². The predicted molar refractivity (Wildman–Crippen MR) is 116 cm³/mol. The van der Waals surface area contributed by atoms with Gasteiger partial charge < -0.3 is 32.5 Å². The average Bonchev–Trinajstić information content (AvgIpc) is 2.75. The molecular weight excluding hydrogens is 402 g/mol. The SMILES string of the molecule is CN(c1ccc(C(=O)N[C@@H](CCCN)C(=O)O)cc1)c1cnc2nc(N)nc(N)c2n1. The van der Waals surface area contributed by atoms with E-state index in [1.807, 2.05) is 0 Å². The maximum Gasteiger partial charge on any atom is 0.326 e. The zero-order valence-corrected chi connectivity index (χ0v) is 16.8. The Hall–Kier alpha value is -4.06. The maximum absolute atomic E-state index is 12.4. The van der Waals surface area contributed by atoms with Crippen LogP contribution in [0.4, 0.5) is 23.3 Å². The number of aromatic nitrogens is 4. The molecule has 0 aliphatic carbocycles. The van der Waals surface area contributed by atoms with Crippen molar-refractivity contribution in [1.82, 2.24) is 25.3 Å². The number of carboxylic acid groups (broad SMARTS) is 1. The Labute approximate surface area is 177 Å². The van der Waals surface area contributed by atoms with Gasteiger partial charge in [0.2, 0.25) is 5.95 Å². The highest BCUT2D eigenvalue weighted by molar-refractivity contribution is 5.97. The summed E-state index contributed by atoms with van der Waals surface area (Å²) in [5.41, 5.74) is 18.5. The van der Waals surface area contributed by atoms with Crippen LogP contribution in [-0.2, 0) is 4.79 Å². The maximum atomic E-state index is 12.4. The molecule has 3 rings (SSSR count). The van der Waals surface area contributed by atoms with Crippen LogP contribution in [0.2, 0.25) is 0 Å². The van der Waals surface area contributed by atoms with E-state index in [0.29, 0.717) is 29.9 Å². The van der Waals surface area contributed by atoms with Gasteiger partial charge in [0.05, 0.1) is 6.20 Å². The summed E-state index contributed by atoms with van der Waals surface area (Å²) in [7, 11) is 1.77. The summed E-state index contributed by atoms with van der Waals surface area (Å²) < 4.78 is 0. The van der Waals surface area contributed by atoms with Gasteiger partial charge in [-0.2, -0.15) is 9.97 Å². The lowest BCUT2D eigenvalue weighted by Crippen LogP contribution is -2.41. The molecule has 0 saturated carbocycles. The van der Waals surface area contributed by atoms with Gasteiger partial charge in [0.25, 0.3) is 5.91 Å². The molecule has 12 heteroatoms. The zero-order valence-electron chi connectivity index (χ0n) is 16.8. The molecule has 31 heavy (non-hydrogen) atoms. The minimum Gasteiger partial charge on any atom is -0.480 e. The molecular formula is C19H23N9O3. The molecule has 0 radical (unpaired) electrons. The lowest BCUT2D eigenvalue weighted by molar-refractivity contribution is -0.139. The molecule has 0 spiro atoms. The van der Waals surface area contributed by atoms with E-state index in [-0.39, 0.29) is 23.8 Å². The molecule has 3 aromatic rings. The number of nitrogens with zero attached hydrogens (tertiary/aromatic N) is 5. The van der Waals surface area contributed by atoms with Crippen LogP contribution >= 0.6 is 0 Å². The van der Waals surface area contributed by atoms with Gasteiger partial charge in [0.1, 0.15) is 6.04 Å². The molecule has 1 atom stereocenters. The van der Waals surface area contributed by atoms with Gasteiger partial charge in [0, 0.05) is 18.3 Å². The van der Waals surface area contributed by atoms with E-state index in [4.69, 9.17) is 17.2 Å². The largest absolute Gasteiger partial charge is 0.480 e. The second-order valence-corrected chi connectivity index (χ2v) is 6.77. The third-order valence-electron chi connectivity index (χ3n) is 4.60. The minimum atomic E-state index is -1.10. The Balaban J connectivity index is 1.77. The second-order valence-electron chi connectivity index (χ2n) is 6.77. The Morgan fingerprint density at radius 3 is 2.52 bits per heavy atom. The number of rotatable bonds is 8. The normalized spacial score (nSPS) is 11.8. The number of fused-ring (bicyclic) bond motifs is 1. The van der Waals surface area contributed by atoms with Gasteiger partial charge in [-0.3, -0.25) is 4.79 Å². The summed E-state index contributed by atoms with van der Waals surface area (Å²) in [6.45, 7) is 0.351. The number of hydrogen-bond donors (Lipinski definition) is 5. The van der Waals surface area contributed by atoms with Crippen LogP contribution in [0.1, 0.15) is 23.2 Å². The average molecular weight is 425 g/mol. The van der Waals surface area contributed by atoms with Gasteiger partial charge in [-0.25, -0.2) is 14.8 Å². The van der Waals surface area contributed by atoms with E-state index in [1.54, 1.807) is 36.2 Å². The monoisotopic (exact) mass is 425 g/mol. The summed E-state index contributed by atoms with van der Waals surface area (Å²) in [6.07, 6.45) is 2.27. The van der Waals surface area contributed by atoms with Crippen molar-refractivity contribution in [3.8, 4) is 0 Å². The molecule has 0 aliphatic rings. The van der Waals surface area contributed by atoms with Gasteiger partial charge in [-0.05, 0) is 43.7 Å². The molecule has 0 fully saturated rings. The number of hydrogen-bond acceptors (Lipinski definition) is 10. The van der Waals surface area contributed by atoms with Crippen LogP contribution in [0.15, 0.2) is 30.5 Å². The van der Waals surface area contributed by atoms with Crippen LogP contribution in [0.25, 0.3) is 11.2 Å². The molecule has 12 nitrogen and oxygen atoms in total. The number of benzene rings is 1. The standard InChI is InChI=1S/C19H23N9O3/c1-28(13-9-23-16-14(25-13)15(21)26-19(22)27-16)11-6-4-10(5-7-11)17(29)24-12(18(30)31)3-2-8-20/h4-7,9,12H,2-3,8,20H2,1H3,(H,24,29)(H,30,31)(H4,21,22,23,26,27)/t12-/m0/s1. The van der Waals surface area contributed by atoms with E-state index in [2.05, 4.69) is 25.3 Å². The fourth-order valence-corrected chi connectivity index (χ4v) is 2.89. The lowest BCUT2D eigenvalue weighted by Gasteiger charge is -2.19. The van der Waals surface area contributed by atoms with Crippen molar-refractivity contribution >= 4 is 46.3 Å². The topological polar surface area (TPSA) is 199 Å². The van der Waals surface area contributed by atoms with Crippen LogP contribution in [0.5, 0.6) is 0 Å². The summed E-state index contributed by atoms with van der Waals surface area (Å²) >= 11 is 0. The molecule has 2 aromatic heterocycles. The van der Waals surface area contributed by atoms with Crippen molar-refractivity contribution < 1.29 is 14.7 Å². The number of amides is 1. The molecule has 2 heterocycles. The van der Waals surface area contributed by atoms with Gasteiger partial charge in [-0.1, -0.05) is 0 Å². The Bertz CT molecular complexity index is 1100. The molecule has 0 aliphatic heterocycles. The third-order valence-corrected chi connectivity index (χ3v) is 4.60. The van der Waals surface area contributed by atoms with Crippen molar-refractivity contribution in [1.29, 1.82) is 0 Å². The van der Waals surface area contributed by atoms with E-state index >= 15 is 0 Å². The first-order valence-electron chi connectivity index (χ1n) is 9.43. The minimum absolute atomic E-state index is 0.0161. The first kappa shape index (κ1) is 21.6. The number of nitrogen functional groups attached to an aromatic ring is 2. The van der Waals surface area contributed by atoms with E-state index in [9.17, 15) is 14.7 Å². The van der Waals surface area contributed by atoms with Crippen molar-refractivity contribution in [3.05, 3.63) is 36.0 Å². The van der Waals surface area contributed by atoms with Crippen molar-refractivity contribution in [3.63, 3.8) is 0 Å². The number of carbonyl (C=O) groups excluding carboxylic acids is 1. The van der Waals surface area contributed by atoms with E-state index < -0.39 is 17.9 Å². The molecule has 0 unspecified atom stereocenters. The highest BCUT2D eigenvalue weighted by Gasteiger charge is 2.20. The van der Waals surface area contributed by atoms with Crippen molar-refractivity contribution in [2.24, 2.45) is 5.73 Å². The van der Waals surface area contributed by atoms with Gasteiger partial charge in [-0.15, -0.1) is 0 Å². The van der Waals surface area contributed by atoms with Gasteiger partial charge in [0.15, 0.2) is 22.8 Å². The summed E-state index contributed by atoms with van der Waals surface area (Å²) in [4.78, 5) is 42.0. The summed E-state index contributed by atoms with van der Waals surface area (Å²) in [5, 5.41) is 11.8. The number of carbonyl (C=O) groups is 2. The molecule has 8 N–H and O–H groups in total. The Kier molecular flexibility index (Phi) is 6.40. The number of aliphatic carboxylic acids is 1. The number of anilines is 4. The zero-order chi connectivity index (χ0) is 22.5. The molecule has 0 saturated heterocycles. The number of carboxylic acids is 1. The van der Waals surface area contributed by atoms with E-state index in [0.717, 1.165) is 5.69 Å². The van der Waals surface area contributed by atoms with Crippen LogP contribution in [0, 0.1) is 0 Å². The van der Waals surface area contributed by atoms with E-state index in [1.165, 1.54) is 6.20 Å². The highest BCUT2D eigenvalue weighted by Crippen LogP contribution is 2.24. The molecule has 162 valence electrons. The molecule has 1 amide bonds. The Morgan fingerprint density at radius 2 is 1.87 bits per heavy atom. The molecule has 1 aromatic carbocycles. The van der Waals surface area contributed by atoms with Crippen LogP contribution in [0.3, 0.4) is 0 Å². The number of nitrogens with one attached hydrogen (secondary N) is 1. The smallest absolute Gasteiger partial charge is 0.326 e. The molecule has 0 bridgehead atoms. The van der Waals surface area contributed by atoms with Crippen molar-refractivity contribution in [2.75, 3.05) is 30.0 Å². The lowest BCUT2D eigenvalue weighted by atomic mass is 10.1. The quantitative estimate of drug-likeness (QED) is 0.332. The predicted octanol–water partition coefficient (Wildman–Crippen LogP) is 0.274. The Morgan fingerprint density at radius 1 is 1.16 bits per heavy atom. The second kappa shape index (κ2) is 9.17. The van der Waals surface area contributed by atoms with Crippen LogP contribution < -0.4 is 27.4 Å². The first-order chi connectivity index (χ1) is 14.8. The summed E-state index contributed by atoms with van der Waals surface area (Å²) in [6, 6.07) is 5.61. The first-order valence-corrected chi connectivity index (χ1v) is 9.43. The fraction of sp³-hybridized carbons (Fsp3) is 0.263. The van der Waals surface area contributed by atoms with Gasteiger partial charge >= 0.3 is 5.97 Å². The van der Waals surface area contributed by atoms with Crippen LogP contribution in [-0.4, -0.2) is 56.6 Å². The highest BCUT2D eigenvalue weighted by atomic mass is 16.4.